The minimum absolute atomic E-state index is 0.112. The van der Waals surface area contributed by atoms with Crippen LogP contribution in [0.3, 0.4) is 0 Å². The molecular weight excluding hydrogens is 526 g/mol. The zero-order chi connectivity index (χ0) is 29.5. The highest BCUT2D eigenvalue weighted by Gasteiger charge is 2.36. The summed E-state index contributed by atoms with van der Waals surface area (Å²) in [5, 5.41) is 3.27. The molecule has 218 valence electrons. The SMILES string of the molecule is Cc1ccccc1CN(C(=O)CCCN1C(=O)c2ccccc2C1=O)C(Cc1ccccc1)C(=O)NC1CCCCC1. The van der Waals surface area contributed by atoms with Gasteiger partial charge in [0.25, 0.3) is 11.8 Å². The van der Waals surface area contributed by atoms with E-state index in [0.29, 0.717) is 30.5 Å². The molecule has 1 saturated carbocycles. The lowest BCUT2D eigenvalue weighted by Gasteiger charge is -2.34. The summed E-state index contributed by atoms with van der Waals surface area (Å²) < 4.78 is 0. The van der Waals surface area contributed by atoms with Crippen LogP contribution in [-0.4, -0.2) is 52.1 Å². The standard InChI is InChI=1S/C35H39N3O4/c1-25-13-8-9-16-27(25)24-38(32(39)21-12-22-37-34(41)29-19-10-11-20-30(29)35(37)42)31(23-26-14-4-2-5-15-26)33(40)36-28-17-6-3-7-18-28/h2,4-5,8-11,13-16,19-20,28,31H,3,6-7,12,17-18,21-24H2,1H3,(H,36,40). The van der Waals surface area contributed by atoms with Gasteiger partial charge < -0.3 is 10.2 Å². The van der Waals surface area contributed by atoms with Crippen molar-refractivity contribution in [1.82, 2.24) is 15.1 Å². The molecule has 0 aromatic heterocycles. The lowest BCUT2D eigenvalue weighted by molar-refractivity contribution is -0.141. The Kier molecular flexibility index (Phi) is 9.47. The van der Waals surface area contributed by atoms with Crippen LogP contribution in [-0.2, 0) is 22.6 Å². The van der Waals surface area contributed by atoms with Crippen LogP contribution in [0.5, 0.6) is 0 Å². The van der Waals surface area contributed by atoms with Crippen molar-refractivity contribution < 1.29 is 19.2 Å². The van der Waals surface area contributed by atoms with E-state index in [2.05, 4.69) is 5.32 Å². The molecule has 0 saturated heterocycles. The largest absolute Gasteiger partial charge is 0.352 e. The average Bonchev–Trinajstić information content (AvgIpc) is 3.25. The van der Waals surface area contributed by atoms with E-state index < -0.39 is 6.04 Å². The number of nitrogens with zero attached hydrogens (tertiary/aromatic N) is 2. The highest BCUT2D eigenvalue weighted by Crippen LogP contribution is 2.24. The van der Waals surface area contributed by atoms with Gasteiger partial charge in [-0.15, -0.1) is 0 Å². The summed E-state index contributed by atoms with van der Waals surface area (Å²) in [7, 11) is 0. The monoisotopic (exact) mass is 565 g/mol. The van der Waals surface area contributed by atoms with Gasteiger partial charge in [-0.1, -0.05) is 86.0 Å². The topological polar surface area (TPSA) is 86.8 Å². The van der Waals surface area contributed by atoms with Crippen LogP contribution in [0.25, 0.3) is 0 Å². The number of hydrogen-bond donors (Lipinski definition) is 1. The molecular formula is C35H39N3O4. The van der Waals surface area contributed by atoms with Crippen molar-refractivity contribution in [2.24, 2.45) is 0 Å². The number of benzene rings is 3. The third kappa shape index (κ3) is 6.78. The van der Waals surface area contributed by atoms with Crippen molar-refractivity contribution >= 4 is 23.6 Å². The summed E-state index contributed by atoms with van der Waals surface area (Å²) in [4.78, 5) is 56.5. The van der Waals surface area contributed by atoms with Gasteiger partial charge in [-0.2, -0.15) is 0 Å². The Morgan fingerprint density at radius 1 is 0.857 bits per heavy atom. The maximum Gasteiger partial charge on any atom is 0.261 e. The Labute approximate surface area is 247 Å². The number of hydrogen-bond acceptors (Lipinski definition) is 4. The first-order chi connectivity index (χ1) is 20.4. The van der Waals surface area contributed by atoms with E-state index in [4.69, 9.17) is 0 Å². The first-order valence-electron chi connectivity index (χ1n) is 15.1. The molecule has 5 rings (SSSR count). The van der Waals surface area contributed by atoms with Crippen molar-refractivity contribution in [2.75, 3.05) is 6.54 Å². The van der Waals surface area contributed by atoms with E-state index in [1.54, 1.807) is 29.2 Å². The molecule has 1 fully saturated rings. The maximum absolute atomic E-state index is 14.0. The Bertz CT molecular complexity index is 1400. The van der Waals surface area contributed by atoms with Crippen LogP contribution in [0.15, 0.2) is 78.9 Å². The fraction of sp³-hybridized carbons (Fsp3) is 0.371. The summed E-state index contributed by atoms with van der Waals surface area (Å²) in [5.74, 6) is -0.954. The van der Waals surface area contributed by atoms with E-state index in [9.17, 15) is 19.2 Å². The van der Waals surface area contributed by atoms with Gasteiger partial charge in [0, 0.05) is 32.0 Å². The molecule has 1 aliphatic heterocycles. The molecule has 1 aliphatic carbocycles. The Morgan fingerprint density at radius 3 is 2.14 bits per heavy atom. The molecule has 3 aromatic carbocycles. The smallest absolute Gasteiger partial charge is 0.261 e. The van der Waals surface area contributed by atoms with Crippen molar-refractivity contribution in [3.05, 3.63) is 107 Å². The van der Waals surface area contributed by atoms with E-state index in [0.717, 1.165) is 42.4 Å². The first-order valence-corrected chi connectivity index (χ1v) is 15.1. The quantitative estimate of drug-likeness (QED) is 0.313. The molecule has 1 unspecified atom stereocenters. The van der Waals surface area contributed by atoms with Crippen LogP contribution in [0, 0.1) is 6.92 Å². The Hall–Kier alpha value is -4.26. The second-order valence-corrected chi connectivity index (χ2v) is 11.4. The first kappa shape index (κ1) is 29.2. The fourth-order valence-corrected chi connectivity index (χ4v) is 6.04. The summed E-state index contributed by atoms with van der Waals surface area (Å²) >= 11 is 0. The van der Waals surface area contributed by atoms with Gasteiger partial charge in [0.2, 0.25) is 11.8 Å². The average molecular weight is 566 g/mol. The predicted octanol–water partition coefficient (Wildman–Crippen LogP) is 5.46. The normalized spacial score (nSPS) is 15.8. The van der Waals surface area contributed by atoms with Gasteiger partial charge >= 0.3 is 0 Å². The molecule has 2 aliphatic rings. The highest BCUT2D eigenvalue weighted by atomic mass is 16.2. The summed E-state index contributed by atoms with van der Waals surface area (Å²) in [6.07, 6.45) is 6.11. The molecule has 42 heavy (non-hydrogen) atoms. The minimum Gasteiger partial charge on any atom is -0.352 e. The van der Waals surface area contributed by atoms with E-state index in [1.165, 1.54) is 11.3 Å². The number of fused-ring (bicyclic) bond motifs is 1. The van der Waals surface area contributed by atoms with Crippen LogP contribution < -0.4 is 5.32 Å². The summed E-state index contributed by atoms with van der Waals surface area (Å²) in [5.41, 5.74) is 3.81. The molecule has 7 nitrogen and oxygen atoms in total. The van der Waals surface area contributed by atoms with Crippen molar-refractivity contribution in [3.8, 4) is 0 Å². The van der Waals surface area contributed by atoms with Crippen LogP contribution in [0.2, 0.25) is 0 Å². The number of carbonyl (C=O) groups excluding carboxylic acids is 4. The van der Waals surface area contributed by atoms with Gasteiger partial charge in [0.05, 0.1) is 11.1 Å². The van der Waals surface area contributed by atoms with Gasteiger partial charge in [0.1, 0.15) is 6.04 Å². The molecule has 3 aromatic rings. The van der Waals surface area contributed by atoms with E-state index in [1.807, 2.05) is 61.5 Å². The third-order valence-electron chi connectivity index (χ3n) is 8.48. The lowest BCUT2D eigenvalue weighted by atomic mass is 9.94. The molecule has 0 spiro atoms. The highest BCUT2D eigenvalue weighted by molar-refractivity contribution is 6.21. The number of carbonyl (C=O) groups is 4. The third-order valence-corrected chi connectivity index (χ3v) is 8.48. The number of aryl methyl sites for hydroxylation is 1. The second-order valence-electron chi connectivity index (χ2n) is 11.4. The van der Waals surface area contributed by atoms with Crippen molar-refractivity contribution in [3.63, 3.8) is 0 Å². The molecule has 1 heterocycles. The van der Waals surface area contributed by atoms with E-state index in [-0.39, 0.29) is 42.6 Å². The Balaban J connectivity index is 1.36. The minimum atomic E-state index is -0.694. The van der Waals surface area contributed by atoms with Gasteiger partial charge in [0.15, 0.2) is 0 Å². The van der Waals surface area contributed by atoms with E-state index >= 15 is 0 Å². The summed E-state index contributed by atoms with van der Waals surface area (Å²) in [6.45, 7) is 2.45. The maximum atomic E-state index is 14.0. The molecule has 0 radical (unpaired) electrons. The molecule has 1 atom stereocenters. The molecule has 7 heteroatoms. The molecule has 0 bridgehead atoms. The predicted molar refractivity (Wildman–Crippen MR) is 162 cm³/mol. The van der Waals surface area contributed by atoms with Gasteiger partial charge in [-0.3, -0.25) is 24.1 Å². The number of nitrogens with one attached hydrogen (secondary N) is 1. The van der Waals surface area contributed by atoms with Crippen LogP contribution in [0.4, 0.5) is 0 Å². The molecule has 1 N–H and O–H groups in total. The fourth-order valence-electron chi connectivity index (χ4n) is 6.04. The van der Waals surface area contributed by atoms with Crippen molar-refractivity contribution in [1.29, 1.82) is 0 Å². The number of rotatable bonds is 11. The van der Waals surface area contributed by atoms with Gasteiger partial charge in [-0.05, 0) is 55.0 Å². The second kappa shape index (κ2) is 13.6. The zero-order valence-corrected chi connectivity index (χ0v) is 24.3. The lowest BCUT2D eigenvalue weighted by Crippen LogP contribution is -2.53. The van der Waals surface area contributed by atoms with Crippen LogP contribution >= 0.6 is 0 Å². The number of amides is 4. The summed E-state index contributed by atoms with van der Waals surface area (Å²) in [6, 6.07) is 23.9. The van der Waals surface area contributed by atoms with Gasteiger partial charge in [-0.25, -0.2) is 0 Å². The number of imide groups is 1. The van der Waals surface area contributed by atoms with Crippen LogP contribution in [0.1, 0.15) is 82.4 Å². The van der Waals surface area contributed by atoms with Crippen molar-refractivity contribution in [2.45, 2.75) is 76.9 Å². The zero-order valence-electron chi connectivity index (χ0n) is 24.3. The molecule has 4 amide bonds. The Morgan fingerprint density at radius 2 is 1.48 bits per heavy atom.